The number of nitrogens with zero attached hydrogens (tertiary/aromatic N) is 2. The molecule has 0 aromatic heterocycles. The van der Waals surface area contributed by atoms with E-state index in [2.05, 4.69) is 41.4 Å². The Morgan fingerprint density at radius 2 is 2.16 bits per heavy atom. The van der Waals surface area contributed by atoms with Crippen LogP contribution in [-0.2, 0) is 11.3 Å². The van der Waals surface area contributed by atoms with E-state index in [1.165, 1.54) is 11.3 Å². The summed E-state index contributed by atoms with van der Waals surface area (Å²) in [4.78, 5) is 15.7. The highest BCUT2D eigenvalue weighted by Crippen LogP contribution is 2.23. The van der Waals surface area contributed by atoms with Gasteiger partial charge in [0, 0.05) is 51.9 Å². The van der Waals surface area contributed by atoms with Gasteiger partial charge >= 0.3 is 0 Å². The predicted octanol–water partition coefficient (Wildman–Crippen LogP) is 1.46. The molecule has 1 N–H and O–H groups in total. The van der Waals surface area contributed by atoms with Crippen molar-refractivity contribution in [1.29, 1.82) is 0 Å². The average molecular weight is 261 g/mol. The molecule has 0 radical (unpaired) electrons. The van der Waals surface area contributed by atoms with Gasteiger partial charge in [-0.05, 0) is 18.6 Å². The van der Waals surface area contributed by atoms with Gasteiger partial charge in [-0.25, -0.2) is 0 Å². The summed E-state index contributed by atoms with van der Waals surface area (Å²) in [7, 11) is 3.62. The van der Waals surface area contributed by atoms with Crippen LogP contribution >= 0.6 is 0 Å². The van der Waals surface area contributed by atoms with E-state index in [9.17, 15) is 4.79 Å². The quantitative estimate of drug-likeness (QED) is 0.895. The second-order valence-electron chi connectivity index (χ2n) is 5.39. The summed E-state index contributed by atoms with van der Waals surface area (Å²) in [6.45, 7) is 4.81. The molecule has 4 heteroatoms. The smallest absolute Gasteiger partial charge is 0.223 e. The Bertz CT molecular complexity index is 445. The SMILES string of the molecule is CC1CN(CCC(=O)N(C)C)c2ccccc2CN1. The maximum absolute atomic E-state index is 11.7. The summed E-state index contributed by atoms with van der Waals surface area (Å²) in [5.74, 6) is 0.183. The largest absolute Gasteiger partial charge is 0.369 e. The van der Waals surface area contributed by atoms with Crippen molar-refractivity contribution in [3.8, 4) is 0 Å². The highest BCUT2D eigenvalue weighted by Gasteiger charge is 2.19. The van der Waals surface area contributed by atoms with Gasteiger partial charge in [0.2, 0.25) is 5.91 Å². The molecule has 0 fully saturated rings. The highest BCUT2D eigenvalue weighted by atomic mass is 16.2. The molecule has 1 amide bonds. The number of hydrogen-bond acceptors (Lipinski definition) is 3. The van der Waals surface area contributed by atoms with Crippen molar-refractivity contribution in [2.45, 2.75) is 25.9 Å². The van der Waals surface area contributed by atoms with Crippen LogP contribution in [0, 0.1) is 0 Å². The van der Waals surface area contributed by atoms with Crippen LogP contribution in [0.4, 0.5) is 5.69 Å². The van der Waals surface area contributed by atoms with Crippen LogP contribution in [0.1, 0.15) is 18.9 Å². The number of amides is 1. The lowest BCUT2D eigenvalue weighted by Crippen LogP contribution is -2.38. The van der Waals surface area contributed by atoms with E-state index in [-0.39, 0.29) is 5.91 Å². The molecule has 4 nitrogen and oxygen atoms in total. The fourth-order valence-electron chi connectivity index (χ4n) is 2.41. The number of fused-ring (bicyclic) bond motifs is 1. The molecule has 0 aliphatic carbocycles. The standard InChI is InChI=1S/C15H23N3O/c1-12-11-18(9-8-15(19)17(2)3)14-7-5-4-6-13(14)10-16-12/h4-7,12,16H,8-11H2,1-3H3. The van der Waals surface area contributed by atoms with Crippen LogP contribution in [0.25, 0.3) is 0 Å². The number of benzene rings is 1. The molecule has 19 heavy (non-hydrogen) atoms. The lowest BCUT2D eigenvalue weighted by molar-refractivity contribution is -0.128. The van der Waals surface area contributed by atoms with Gasteiger partial charge in [0.1, 0.15) is 0 Å². The van der Waals surface area contributed by atoms with Gasteiger partial charge in [-0.1, -0.05) is 18.2 Å². The van der Waals surface area contributed by atoms with Gasteiger partial charge in [0.15, 0.2) is 0 Å². The Labute approximate surface area is 115 Å². The lowest BCUT2D eigenvalue weighted by Gasteiger charge is -2.26. The zero-order valence-corrected chi connectivity index (χ0v) is 12.0. The first-order valence-corrected chi connectivity index (χ1v) is 6.84. The van der Waals surface area contributed by atoms with E-state index in [0.29, 0.717) is 12.5 Å². The molecule has 1 aliphatic heterocycles. The molecule has 2 rings (SSSR count). The number of rotatable bonds is 3. The molecule has 0 saturated heterocycles. The van der Waals surface area contributed by atoms with Gasteiger partial charge < -0.3 is 15.1 Å². The molecule has 1 aliphatic rings. The van der Waals surface area contributed by atoms with Gasteiger partial charge in [0.05, 0.1) is 0 Å². The third kappa shape index (κ3) is 3.47. The van der Waals surface area contributed by atoms with Gasteiger partial charge in [-0.2, -0.15) is 0 Å². The Hall–Kier alpha value is -1.55. The monoisotopic (exact) mass is 261 g/mol. The van der Waals surface area contributed by atoms with E-state index in [1.807, 2.05) is 14.1 Å². The van der Waals surface area contributed by atoms with Gasteiger partial charge in [-0.3, -0.25) is 4.79 Å². The average Bonchev–Trinajstić information content (AvgIpc) is 2.56. The Balaban J connectivity index is 2.11. The number of nitrogens with one attached hydrogen (secondary N) is 1. The van der Waals surface area contributed by atoms with Crippen LogP contribution in [0.3, 0.4) is 0 Å². The van der Waals surface area contributed by atoms with Crippen LogP contribution in [0.2, 0.25) is 0 Å². The number of carbonyl (C=O) groups is 1. The topological polar surface area (TPSA) is 35.6 Å². The van der Waals surface area contributed by atoms with E-state index in [0.717, 1.165) is 19.6 Å². The minimum atomic E-state index is 0.183. The summed E-state index contributed by atoms with van der Waals surface area (Å²) in [5, 5.41) is 3.50. The normalized spacial score (nSPS) is 18.7. The van der Waals surface area contributed by atoms with Crippen LogP contribution in [0.5, 0.6) is 0 Å². The Morgan fingerprint density at radius 3 is 2.89 bits per heavy atom. The van der Waals surface area contributed by atoms with Crippen molar-refractivity contribution in [3.05, 3.63) is 29.8 Å². The fraction of sp³-hybridized carbons (Fsp3) is 0.533. The predicted molar refractivity (Wildman–Crippen MR) is 78.3 cm³/mol. The number of anilines is 1. The molecular weight excluding hydrogens is 238 g/mol. The molecule has 1 heterocycles. The Kier molecular flexibility index (Phi) is 4.43. The van der Waals surface area contributed by atoms with Crippen molar-refractivity contribution in [2.75, 3.05) is 32.1 Å². The second-order valence-corrected chi connectivity index (χ2v) is 5.39. The molecule has 1 aromatic carbocycles. The highest BCUT2D eigenvalue weighted by molar-refractivity contribution is 5.76. The number of carbonyl (C=O) groups excluding carboxylic acids is 1. The maximum atomic E-state index is 11.7. The second kappa shape index (κ2) is 6.06. The molecule has 0 spiro atoms. The lowest BCUT2D eigenvalue weighted by atomic mass is 10.1. The summed E-state index contributed by atoms with van der Waals surface area (Å²) >= 11 is 0. The van der Waals surface area contributed by atoms with Crippen molar-refractivity contribution in [2.24, 2.45) is 0 Å². The zero-order chi connectivity index (χ0) is 13.8. The summed E-state index contributed by atoms with van der Waals surface area (Å²) in [5.41, 5.74) is 2.56. The summed E-state index contributed by atoms with van der Waals surface area (Å²) in [6, 6.07) is 8.87. The minimum Gasteiger partial charge on any atom is -0.369 e. The van der Waals surface area contributed by atoms with Crippen LogP contribution < -0.4 is 10.2 Å². The van der Waals surface area contributed by atoms with Gasteiger partial charge in [-0.15, -0.1) is 0 Å². The van der Waals surface area contributed by atoms with Crippen molar-refractivity contribution in [1.82, 2.24) is 10.2 Å². The minimum absolute atomic E-state index is 0.183. The molecule has 1 unspecified atom stereocenters. The van der Waals surface area contributed by atoms with Gasteiger partial charge in [0.25, 0.3) is 0 Å². The summed E-state index contributed by atoms with van der Waals surface area (Å²) in [6.07, 6.45) is 0.564. The zero-order valence-electron chi connectivity index (χ0n) is 12.0. The Morgan fingerprint density at radius 1 is 1.42 bits per heavy atom. The molecule has 1 aromatic rings. The first-order chi connectivity index (χ1) is 9.08. The van der Waals surface area contributed by atoms with E-state index >= 15 is 0 Å². The molecule has 104 valence electrons. The number of para-hydroxylation sites is 1. The molecule has 0 bridgehead atoms. The molecular formula is C15H23N3O. The first-order valence-electron chi connectivity index (χ1n) is 6.84. The fourth-order valence-corrected chi connectivity index (χ4v) is 2.41. The molecule has 1 atom stereocenters. The van der Waals surface area contributed by atoms with Crippen molar-refractivity contribution < 1.29 is 4.79 Å². The van der Waals surface area contributed by atoms with Crippen molar-refractivity contribution in [3.63, 3.8) is 0 Å². The number of hydrogen-bond donors (Lipinski definition) is 1. The van der Waals surface area contributed by atoms with E-state index < -0.39 is 0 Å². The maximum Gasteiger partial charge on any atom is 0.223 e. The van der Waals surface area contributed by atoms with Crippen molar-refractivity contribution >= 4 is 11.6 Å². The summed E-state index contributed by atoms with van der Waals surface area (Å²) < 4.78 is 0. The first kappa shape index (κ1) is 13.9. The molecule has 0 saturated carbocycles. The third-order valence-electron chi connectivity index (χ3n) is 3.56. The van der Waals surface area contributed by atoms with Crippen LogP contribution in [0.15, 0.2) is 24.3 Å². The van der Waals surface area contributed by atoms with Crippen LogP contribution in [-0.4, -0.2) is 44.0 Å². The van der Waals surface area contributed by atoms with E-state index in [4.69, 9.17) is 0 Å². The van der Waals surface area contributed by atoms with E-state index in [1.54, 1.807) is 4.90 Å². The third-order valence-corrected chi connectivity index (χ3v) is 3.56.